The summed E-state index contributed by atoms with van der Waals surface area (Å²) in [6, 6.07) is 9.26. The van der Waals surface area contributed by atoms with E-state index >= 15 is 0 Å². The van der Waals surface area contributed by atoms with Gasteiger partial charge >= 0.3 is 36.4 Å². The molecule has 3 aromatic heterocycles. The van der Waals surface area contributed by atoms with Gasteiger partial charge in [-0.25, -0.2) is 28.1 Å². The van der Waals surface area contributed by atoms with Gasteiger partial charge in [0.25, 0.3) is 0 Å². The number of halogens is 11. The number of aromatic amines is 1. The highest BCUT2D eigenvalue weighted by Gasteiger charge is 2.44. The van der Waals surface area contributed by atoms with Gasteiger partial charge in [0.1, 0.15) is 12.0 Å². The number of aliphatic carboxylic acids is 3. The number of benzene rings is 2. The number of pyridine rings is 1. The van der Waals surface area contributed by atoms with Crippen molar-refractivity contribution in [2.24, 2.45) is 5.92 Å². The van der Waals surface area contributed by atoms with Crippen molar-refractivity contribution in [2.45, 2.75) is 50.9 Å². The molecule has 1 amide bonds. The second-order valence-corrected chi connectivity index (χ2v) is 12.3. The van der Waals surface area contributed by atoms with E-state index in [9.17, 15) is 53.1 Å². The van der Waals surface area contributed by atoms with Crippen molar-refractivity contribution in [3.05, 3.63) is 71.4 Å². The van der Waals surface area contributed by atoms with E-state index in [0.717, 1.165) is 44.3 Å². The van der Waals surface area contributed by atoms with Crippen molar-refractivity contribution in [3.8, 4) is 11.1 Å². The van der Waals surface area contributed by atoms with Gasteiger partial charge in [0.15, 0.2) is 5.13 Å². The van der Waals surface area contributed by atoms with Gasteiger partial charge in [-0.2, -0.15) is 44.6 Å². The van der Waals surface area contributed by atoms with E-state index in [2.05, 4.69) is 25.5 Å². The minimum atomic E-state index is -5.08. The Balaban J connectivity index is 0.000000329. The summed E-state index contributed by atoms with van der Waals surface area (Å²) in [4.78, 5) is 47.7. The van der Waals surface area contributed by atoms with Gasteiger partial charge in [-0.05, 0) is 78.3 Å². The van der Waals surface area contributed by atoms with Crippen LogP contribution in [0.2, 0.25) is 0 Å². The van der Waals surface area contributed by atoms with Crippen LogP contribution in [-0.2, 0) is 32.0 Å². The minimum absolute atomic E-state index is 0.262. The molecule has 3 heterocycles. The fraction of sp³-hybridized carbons (Fsp3) is 0.281. The molecule has 0 unspecified atom stereocenters. The third kappa shape index (κ3) is 12.0. The summed E-state index contributed by atoms with van der Waals surface area (Å²) in [6.45, 7) is 1.77. The molecule has 24 heteroatoms. The SMILES string of the molecule is Cc1c(F)cc2[nH]ncc2c1-c1ccc2nc(NC(=O)[C@@H]3C[C@@H]3F)sc2c1CCc1ccncc1.O=C(O)C(F)(F)F.O=C(O)C(F)(F)F.O=C(O)C(F)(F)F. The topological polar surface area (TPSA) is 195 Å². The summed E-state index contributed by atoms with van der Waals surface area (Å²) in [5, 5.41) is 32.4. The van der Waals surface area contributed by atoms with Crippen molar-refractivity contribution < 1.29 is 82.8 Å². The van der Waals surface area contributed by atoms with Crippen molar-refractivity contribution >= 4 is 61.4 Å². The predicted octanol–water partition coefficient (Wildman–Crippen LogP) is 7.66. The monoisotopic (exact) mass is 831 g/mol. The second kappa shape index (κ2) is 17.7. The Morgan fingerprint density at radius 3 is 1.88 bits per heavy atom. The van der Waals surface area contributed by atoms with Crippen LogP contribution < -0.4 is 5.32 Å². The molecule has 0 spiro atoms. The van der Waals surface area contributed by atoms with E-state index in [1.165, 1.54) is 17.4 Å². The largest absolute Gasteiger partial charge is 0.490 e. The van der Waals surface area contributed by atoms with Crippen molar-refractivity contribution in [1.29, 1.82) is 0 Å². The highest BCUT2D eigenvalue weighted by Crippen LogP contribution is 2.41. The fourth-order valence-electron chi connectivity index (χ4n) is 4.54. The molecule has 0 radical (unpaired) electrons. The van der Waals surface area contributed by atoms with Crippen LogP contribution in [0.5, 0.6) is 0 Å². The first-order valence-electron chi connectivity index (χ1n) is 15.1. The Labute approximate surface area is 309 Å². The summed E-state index contributed by atoms with van der Waals surface area (Å²) in [5.74, 6) is -9.50. The number of carboxylic acids is 3. The van der Waals surface area contributed by atoms with Crippen LogP contribution in [0, 0.1) is 18.7 Å². The predicted molar refractivity (Wildman–Crippen MR) is 174 cm³/mol. The van der Waals surface area contributed by atoms with Crippen LogP contribution in [0.25, 0.3) is 32.2 Å². The van der Waals surface area contributed by atoms with Crippen LogP contribution in [0.3, 0.4) is 0 Å². The first kappa shape index (κ1) is 44.5. The van der Waals surface area contributed by atoms with Crippen molar-refractivity contribution in [3.63, 3.8) is 0 Å². The molecule has 6 rings (SSSR count). The Hall–Kier alpha value is -5.94. The number of rotatable bonds is 6. The lowest BCUT2D eigenvalue weighted by Gasteiger charge is -2.15. The summed E-state index contributed by atoms with van der Waals surface area (Å²) in [7, 11) is 0. The molecule has 2 aromatic carbocycles. The number of aryl methyl sites for hydroxylation is 2. The Morgan fingerprint density at radius 2 is 1.39 bits per heavy atom. The van der Waals surface area contributed by atoms with E-state index in [-0.39, 0.29) is 18.1 Å². The molecular formula is C32H24F11N5O7S. The van der Waals surface area contributed by atoms with Gasteiger partial charge in [0, 0.05) is 17.8 Å². The third-order valence-electron chi connectivity index (χ3n) is 7.29. The number of aromatic nitrogens is 4. The number of nitrogens with zero attached hydrogens (tertiary/aromatic N) is 3. The standard InChI is InChI=1S/C26H21F2N5OS.3C2HF3O2/c1-13-19(27)11-22-18(12-30-33-22)23(13)15-4-5-21-24(16(15)3-2-14-6-8-29-9-7-14)35-26(31-21)32-25(34)17-10-20(17)28;3*3-2(4,5)1(6)7/h4-9,11-12,17,20H,2-3,10H2,1H3,(H,30,33)(H,31,32,34);3*(H,6,7)/t17-,20+;;;/m1.../s1. The summed E-state index contributed by atoms with van der Waals surface area (Å²) < 4.78 is 124. The smallest absolute Gasteiger partial charge is 0.475 e. The average Bonchev–Trinajstić information content (AvgIpc) is 3.43. The summed E-state index contributed by atoms with van der Waals surface area (Å²) in [6.07, 6.45) is -9.38. The maximum absolute atomic E-state index is 14.9. The van der Waals surface area contributed by atoms with Gasteiger partial charge in [-0.1, -0.05) is 17.4 Å². The summed E-state index contributed by atoms with van der Waals surface area (Å²) in [5.41, 5.74) is 5.76. The number of fused-ring (bicyclic) bond motifs is 2. The zero-order chi connectivity index (χ0) is 42.3. The van der Waals surface area contributed by atoms with Gasteiger partial charge in [-0.3, -0.25) is 14.9 Å². The van der Waals surface area contributed by atoms with E-state index in [4.69, 9.17) is 29.7 Å². The number of hydrogen-bond donors (Lipinski definition) is 5. The molecule has 0 aliphatic heterocycles. The highest BCUT2D eigenvalue weighted by atomic mass is 32.1. The van der Waals surface area contributed by atoms with E-state index in [1.807, 2.05) is 24.3 Å². The minimum Gasteiger partial charge on any atom is -0.475 e. The molecule has 5 N–H and O–H groups in total. The number of alkyl halides is 10. The molecule has 12 nitrogen and oxygen atoms in total. The van der Waals surface area contributed by atoms with Gasteiger partial charge < -0.3 is 20.6 Å². The number of amides is 1. The highest BCUT2D eigenvalue weighted by molar-refractivity contribution is 7.22. The molecule has 0 saturated heterocycles. The van der Waals surface area contributed by atoms with E-state index in [0.29, 0.717) is 22.6 Å². The number of nitrogens with one attached hydrogen (secondary N) is 2. The quantitative estimate of drug-likeness (QED) is 0.106. The molecule has 302 valence electrons. The van der Waals surface area contributed by atoms with Crippen LogP contribution >= 0.6 is 11.3 Å². The maximum Gasteiger partial charge on any atom is 0.490 e. The molecule has 5 aromatic rings. The second-order valence-electron chi connectivity index (χ2n) is 11.3. The molecule has 1 fully saturated rings. The molecule has 56 heavy (non-hydrogen) atoms. The lowest BCUT2D eigenvalue weighted by molar-refractivity contribution is -0.193. The Bertz CT molecular complexity index is 2150. The Morgan fingerprint density at radius 1 is 0.875 bits per heavy atom. The van der Waals surface area contributed by atoms with Crippen LogP contribution in [0.15, 0.2) is 48.9 Å². The van der Waals surface area contributed by atoms with Gasteiger partial charge in [0.05, 0.1) is 27.8 Å². The molecule has 0 bridgehead atoms. The molecule has 1 aliphatic carbocycles. The van der Waals surface area contributed by atoms with Gasteiger partial charge in [-0.15, -0.1) is 0 Å². The number of carbonyl (C=O) groups is 4. The number of carboxylic acid groups (broad SMARTS) is 3. The zero-order valence-electron chi connectivity index (χ0n) is 27.8. The number of carbonyl (C=O) groups excluding carboxylic acids is 1. The molecule has 1 saturated carbocycles. The number of H-pyrrole nitrogens is 1. The Kier molecular flexibility index (Phi) is 14.0. The number of hydrogen-bond acceptors (Lipinski definition) is 8. The van der Waals surface area contributed by atoms with E-state index in [1.54, 1.807) is 25.5 Å². The first-order valence-corrected chi connectivity index (χ1v) is 15.9. The molecular weight excluding hydrogens is 807 g/mol. The van der Waals surface area contributed by atoms with Crippen molar-refractivity contribution in [1.82, 2.24) is 20.2 Å². The third-order valence-corrected chi connectivity index (χ3v) is 8.34. The van der Waals surface area contributed by atoms with Crippen LogP contribution in [-0.4, -0.2) is 84.0 Å². The maximum atomic E-state index is 14.9. The lowest BCUT2D eigenvalue weighted by atomic mass is 9.90. The number of anilines is 1. The zero-order valence-corrected chi connectivity index (χ0v) is 28.6. The van der Waals surface area contributed by atoms with E-state index < -0.39 is 48.5 Å². The fourth-order valence-corrected chi connectivity index (χ4v) is 5.59. The lowest BCUT2D eigenvalue weighted by Crippen LogP contribution is -2.21. The molecule has 1 aliphatic rings. The average molecular weight is 832 g/mol. The van der Waals surface area contributed by atoms with Gasteiger partial charge in [0.2, 0.25) is 5.91 Å². The van der Waals surface area contributed by atoms with Crippen LogP contribution in [0.4, 0.5) is 53.4 Å². The summed E-state index contributed by atoms with van der Waals surface area (Å²) >= 11 is 1.37. The number of thiazole rings is 1. The molecule has 2 atom stereocenters. The first-order chi connectivity index (χ1) is 25.8. The van der Waals surface area contributed by atoms with Crippen LogP contribution in [0.1, 0.15) is 23.1 Å². The normalized spacial score (nSPS) is 15.0. The van der Waals surface area contributed by atoms with Crippen molar-refractivity contribution in [2.75, 3.05) is 5.32 Å².